The van der Waals surface area contributed by atoms with Crippen LogP contribution in [0.4, 0.5) is 13.2 Å². The van der Waals surface area contributed by atoms with E-state index in [0.29, 0.717) is 24.9 Å². The molecule has 0 aliphatic rings. The summed E-state index contributed by atoms with van der Waals surface area (Å²) >= 11 is 0. The number of benzene rings is 1. The molecule has 0 aliphatic heterocycles. The predicted octanol–water partition coefficient (Wildman–Crippen LogP) is 2.29. The maximum Gasteiger partial charge on any atom is 0.573 e. The number of carbonyl (C=O) groups is 1. The summed E-state index contributed by atoms with van der Waals surface area (Å²) < 4.78 is 41.9. The summed E-state index contributed by atoms with van der Waals surface area (Å²) in [5.41, 5.74) is 7.27. The number of nitrogens with zero attached hydrogens (tertiary/aromatic N) is 2. The number of hydroxylamine groups is 1. The first-order valence-electron chi connectivity index (χ1n) is 8.76. The fraction of sp³-hybridized carbons (Fsp3) is 0.389. The molecule has 2 rings (SSSR count). The number of halogens is 3. The normalized spacial score (nSPS) is 12.5. The van der Waals surface area contributed by atoms with E-state index in [1.807, 2.05) is 0 Å². The van der Waals surface area contributed by atoms with Crippen LogP contribution >= 0.6 is 0 Å². The summed E-state index contributed by atoms with van der Waals surface area (Å²) in [6.07, 6.45) is -2.05. The lowest BCUT2D eigenvalue weighted by molar-refractivity contribution is -0.274. The van der Waals surface area contributed by atoms with Gasteiger partial charge in [-0.2, -0.15) is 0 Å². The van der Waals surface area contributed by atoms with Gasteiger partial charge < -0.3 is 10.5 Å². The van der Waals surface area contributed by atoms with Gasteiger partial charge in [0.1, 0.15) is 17.5 Å². The van der Waals surface area contributed by atoms with E-state index in [0.717, 1.165) is 16.7 Å². The first kappa shape index (κ1) is 22.4. The lowest BCUT2D eigenvalue weighted by atomic mass is 10.1. The molecule has 0 saturated carbocycles. The summed E-state index contributed by atoms with van der Waals surface area (Å²) in [6, 6.07) is 3.95. The number of ether oxygens (including phenoxy) is 1. The monoisotopic (exact) mass is 414 g/mol. The molecule has 1 amide bonds. The molecule has 0 radical (unpaired) electrons. The van der Waals surface area contributed by atoms with E-state index in [4.69, 9.17) is 10.9 Å². The van der Waals surface area contributed by atoms with E-state index in [1.54, 1.807) is 5.48 Å². The van der Waals surface area contributed by atoms with Gasteiger partial charge in [-0.05, 0) is 57.0 Å². The van der Waals surface area contributed by atoms with Crippen molar-refractivity contribution in [3.63, 3.8) is 0 Å². The number of hydrogen-bond acceptors (Lipinski definition) is 6. The highest BCUT2D eigenvalue weighted by molar-refractivity contribution is 5.79. The van der Waals surface area contributed by atoms with Crippen LogP contribution in [0.15, 0.2) is 35.3 Å². The maximum atomic E-state index is 12.5. The van der Waals surface area contributed by atoms with Crippen molar-refractivity contribution >= 4 is 5.91 Å². The Morgan fingerprint density at radius 2 is 1.97 bits per heavy atom. The summed E-state index contributed by atoms with van der Waals surface area (Å²) in [4.78, 5) is 28.8. The smallest absolute Gasteiger partial charge is 0.406 e. The Kier molecular flexibility index (Phi) is 7.35. The highest BCUT2D eigenvalue weighted by Gasteiger charge is 2.31. The van der Waals surface area contributed by atoms with Crippen LogP contribution in [0.2, 0.25) is 0 Å². The van der Waals surface area contributed by atoms with Crippen molar-refractivity contribution in [2.45, 2.75) is 38.6 Å². The molecular weight excluding hydrogens is 393 g/mol. The highest BCUT2D eigenvalue weighted by atomic mass is 19.4. The molecule has 11 heteroatoms. The number of aromatic nitrogens is 2. The van der Waals surface area contributed by atoms with Gasteiger partial charge in [-0.15, -0.1) is 13.2 Å². The van der Waals surface area contributed by atoms with Crippen LogP contribution in [-0.4, -0.2) is 33.6 Å². The van der Waals surface area contributed by atoms with Crippen LogP contribution in [0.3, 0.4) is 0 Å². The van der Waals surface area contributed by atoms with Gasteiger partial charge in [-0.3, -0.25) is 19.4 Å². The first-order chi connectivity index (χ1) is 13.7. The zero-order valence-electron chi connectivity index (χ0n) is 15.6. The standard InChI is InChI=1S/C18H21F3N4O4/c1-11-17(27)25(15(16(26)24-28)4-2-3-9-22)10-14(23-11)12-5-7-13(8-6-12)29-18(19,20)21/h5-8,10,15,28H,2-4,9,22H2,1H3,(H,24,26). The molecule has 2 aromatic rings. The number of unbranched alkanes of at least 4 members (excludes halogenated alkanes) is 1. The molecule has 8 nitrogen and oxygen atoms in total. The second-order valence-electron chi connectivity index (χ2n) is 6.27. The Morgan fingerprint density at radius 3 is 2.52 bits per heavy atom. The Hall–Kier alpha value is -2.92. The van der Waals surface area contributed by atoms with Gasteiger partial charge in [0.15, 0.2) is 0 Å². The third-order valence-electron chi connectivity index (χ3n) is 4.16. The topological polar surface area (TPSA) is 119 Å². The van der Waals surface area contributed by atoms with E-state index in [-0.39, 0.29) is 17.8 Å². The molecule has 1 atom stereocenters. The maximum absolute atomic E-state index is 12.5. The van der Waals surface area contributed by atoms with Crippen molar-refractivity contribution in [2.24, 2.45) is 5.73 Å². The first-order valence-corrected chi connectivity index (χ1v) is 8.76. The van der Waals surface area contributed by atoms with Crippen molar-refractivity contribution in [1.29, 1.82) is 0 Å². The van der Waals surface area contributed by atoms with Crippen molar-refractivity contribution in [1.82, 2.24) is 15.0 Å². The van der Waals surface area contributed by atoms with Gasteiger partial charge in [0.2, 0.25) is 0 Å². The minimum atomic E-state index is -4.81. The Balaban J connectivity index is 2.41. The second kappa shape index (κ2) is 9.52. The van der Waals surface area contributed by atoms with Gasteiger partial charge in [-0.1, -0.05) is 0 Å². The molecule has 0 fully saturated rings. The van der Waals surface area contributed by atoms with Crippen LogP contribution in [0.5, 0.6) is 5.75 Å². The molecule has 158 valence electrons. The Bertz CT molecular complexity index is 897. The molecule has 1 aromatic heterocycles. The van der Waals surface area contributed by atoms with E-state index >= 15 is 0 Å². The summed E-state index contributed by atoms with van der Waals surface area (Å²) in [5.74, 6) is -1.17. The molecular formula is C18H21F3N4O4. The molecule has 0 aliphatic carbocycles. The lowest BCUT2D eigenvalue weighted by Crippen LogP contribution is -2.37. The SMILES string of the molecule is Cc1nc(-c2ccc(OC(F)(F)F)cc2)cn(C(CCCCN)C(=O)NO)c1=O. The molecule has 29 heavy (non-hydrogen) atoms. The van der Waals surface area contributed by atoms with Gasteiger partial charge in [0.25, 0.3) is 11.5 Å². The molecule has 0 spiro atoms. The number of nitrogens with two attached hydrogens (primary N) is 1. The lowest BCUT2D eigenvalue weighted by Gasteiger charge is -2.19. The minimum absolute atomic E-state index is 0.0904. The van der Waals surface area contributed by atoms with E-state index in [1.165, 1.54) is 25.3 Å². The van der Waals surface area contributed by atoms with Gasteiger partial charge >= 0.3 is 6.36 Å². The number of hydrogen-bond donors (Lipinski definition) is 3. The summed E-state index contributed by atoms with van der Waals surface area (Å²) in [7, 11) is 0. The molecule has 0 saturated heterocycles. The van der Waals surface area contributed by atoms with Crippen LogP contribution < -0.4 is 21.5 Å². The molecule has 4 N–H and O–H groups in total. The van der Waals surface area contributed by atoms with Crippen molar-refractivity contribution in [3.8, 4) is 17.0 Å². The number of carbonyl (C=O) groups excluding carboxylic acids is 1. The molecule has 1 unspecified atom stereocenters. The van der Waals surface area contributed by atoms with Gasteiger partial charge in [-0.25, -0.2) is 10.5 Å². The van der Waals surface area contributed by atoms with E-state index in [2.05, 4.69) is 9.72 Å². The highest BCUT2D eigenvalue weighted by Crippen LogP contribution is 2.26. The Labute approximate surface area is 164 Å². The fourth-order valence-corrected chi connectivity index (χ4v) is 2.79. The quantitative estimate of drug-likeness (QED) is 0.346. The van der Waals surface area contributed by atoms with Crippen molar-refractivity contribution in [3.05, 3.63) is 46.5 Å². The number of aryl methyl sites for hydroxylation is 1. The number of nitrogens with one attached hydrogen (secondary N) is 1. The third kappa shape index (κ3) is 6.03. The minimum Gasteiger partial charge on any atom is -0.406 e. The number of alkyl halides is 3. The van der Waals surface area contributed by atoms with E-state index < -0.39 is 29.6 Å². The number of amides is 1. The second-order valence-corrected chi connectivity index (χ2v) is 6.27. The van der Waals surface area contributed by atoms with Crippen molar-refractivity contribution in [2.75, 3.05) is 6.54 Å². The zero-order chi connectivity index (χ0) is 21.6. The van der Waals surface area contributed by atoms with Crippen molar-refractivity contribution < 1.29 is 27.9 Å². The number of rotatable bonds is 8. The van der Waals surface area contributed by atoms with Crippen LogP contribution in [-0.2, 0) is 4.79 Å². The van der Waals surface area contributed by atoms with Crippen LogP contribution in [0.1, 0.15) is 31.0 Å². The molecule has 1 heterocycles. The summed E-state index contributed by atoms with van der Waals surface area (Å²) in [6.45, 7) is 1.87. The average Bonchev–Trinajstić information content (AvgIpc) is 2.66. The van der Waals surface area contributed by atoms with Crippen LogP contribution in [0, 0.1) is 6.92 Å². The fourth-order valence-electron chi connectivity index (χ4n) is 2.79. The third-order valence-corrected chi connectivity index (χ3v) is 4.16. The van der Waals surface area contributed by atoms with E-state index in [9.17, 15) is 22.8 Å². The molecule has 0 bridgehead atoms. The largest absolute Gasteiger partial charge is 0.573 e. The molecule has 1 aromatic carbocycles. The predicted molar refractivity (Wildman–Crippen MR) is 97.2 cm³/mol. The Morgan fingerprint density at radius 1 is 1.31 bits per heavy atom. The van der Waals surface area contributed by atoms with Crippen LogP contribution in [0.25, 0.3) is 11.3 Å². The zero-order valence-corrected chi connectivity index (χ0v) is 15.6. The summed E-state index contributed by atoms with van der Waals surface area (Å²) in [5, 5.41) is 9.03. The average molecular weight is 414 g/mol. The van der Waals surface area contributed by atoms with Gasteiger partial charge in [0.05, 0.1) is 5.69 Å². The van der Waals surface area contributed by atoms with Gasteiger partial charge in [0, 0.05) is 11.8 Å².